The Labute approximate surface area is 220 Å². The van der Waals surface area contributed by atoms with Gasteiger partial charge in [-0.3, -0.25) is 0 Å². The fraction of sp³-hybridized carbons (Fsp3) is 0.310. The summed E-state index contributed by atoms with van der Waals surface area (Å²) in [5, 5.41) is 13.2. The van der Waals surface area contributed by atoms with Crippen LogP contribution in [-0.2, 0) is 19.3 Å². The van der Waals surface area contributed by atoms with Crippen LogP contribution in [0.15, 0.2) is 54.6 Å². The molecule has 8 heteroatoms. The molecule has 0 spiro atoms. The Balaban J connectivity index is 1.23. The van der Waals surface area contributed by atoms with Gasteiger partial charge in [0.1, 0.15) is 16.5 Å². The molecule has 0 unspecified atom stereocenters. The number of amides is 2. The summed E-state index contributed by atoms with van der Waals surface area (Å²) in [6.45, 7) is 2.69. The molecule has 186 valence electrons. The Morgan fingerprint density at radius 1 is 0.973 bits per heavy atom. The van der Waals surface area contributed by atoms with Crippen molar-refractivity contribution < 1.29 is 4.79 Å². The van der Waals surface area contributed by atoms with Crippen LogP contribution in [0.5, 0.6) is 0 Å². The molecule has 4 aromatic rings. The van der Waals surface area contributed by atoms with E-state index in [2.05, 4.69) is 40.6 Å². The van der Waals surface area contributed by atoms with E-state index in [1.807, 2.05) is 22.3 Å². The van der Waals surface area contributed by atoms with Gasteiger partial charge in [-0.15, -0.1) is 11.3 Å². The largest absolute Gasteiger partial charge is 0.352 e. The number of nitriles is 1. The van der Waals surface area contributed by atoms with Crippen LogP contribution < -0.4 is 10.2 Å². The lowest BCUT2D eigenvalue weighted by molar-refractivity contribution is 0.208. The van der Waals surface area contributed by atoms with Gasteiger partial charge in [-0.1, -0.05) is 30.3 Å². The van der Waals surface area contributed by atoms with E-state index in [0.29, 0.717) is 30.8 Å². The first-order valence-corrected chi connectivity index (χ1v) is 13.7. The number of benzene rings is 2. The topological polar surface area (TPSA) is 85.2 Å². The smallest absolute Gasteiger partial charge is 0.321 e. The number of thiophene rings is 1. The minimum absolute atomic E-state index is 0.116. The SMILES string of the molecule is N#Cc1ccc(NC(=O)N2CCN(c3nc(Cc4ccccc4)nc4sc5c(c34)CCCC5)CC2)cc1. The molecule has 1 fully saturated rings. The maximum absolute atomic E-state index is 12.9. The van der Waals surface area contributed by atoms with Crippen molar-refractivity contribution >= 4 is 39.1 Å². The molecule has 2 aromatic heterocycles. The van der Waals surface area contributed by atoms with Gasteiger partial charge in [0.25, 0.3) is 0 Å². The molecule has 3 heterocycles. The monoisotopic (exact) mass is 508 g/mol. The molecular weight excluding hydrogens is 480 g/mol. The molecule has 37 heavy (non-hydrogen) atoms. The van der Waals surface area contributed by atoms with Gasteiger partial charge in [0.2, 0.25) is 0 Å². The number of fused-ring (bicyclic) bond motifs is 3. The number of anilines is 2. The summed E-state index contributed by atoms with van der Waals surface area (Å²) in [5.41, 5.74) is 3.91. The number of rotatable bonds is 4. The predicted octanol–water partition coefficient (Wildman–Crippen LogP) is 5.39. The molecule has 7 nitrogen and oxygen atoms in total. The summed E-state index contributed by atoms with van der Waals surface area (Å²) in [5.74, 6) is 1.88. The van der Waals surface area contributed by atoms with Crippen LogP contribution in [0.1, 0.15) is 40.2 Å². The Hall–Kier alpha value is -3.96. The molecule has 6 rings (SSSR count). The number of urea groups is 1. The van der Waals surface area contributed by atoms with Gasteiger partial charge in [0.15, 0.2) is 0 Å². The number of piperazine rings is 1. The van der Waals surface area contributed by atoms with Gasteiger partial charge in [0, 0.05) is 43.2 Å². The van der Waals surface area contributed by atoms with Crippen LogP contribution in [-0.4, -0.2) is 47.1 Å². The normalized spacial score (nSPS) is 15.3. The number of nitrogens with one attached hydrogen (secondary N) is 1. The Kier molecular flexibility index (Phi) is 6.46. The standard InChI is InChI=1S/C29H28N6OS/c30-19-21-10-12-22(13-11-21)31-29(36)35-16-14-34(15-17-35)27-26-23-8-4-5-9-24(23)37-28(26)33-25(32-27)18-20-6-2-1-3-7-20/h1-3,6-7,10-13H,4-5,8-9,14-18H2,(H,31,36). The molecule has 2 amide bonds. The first-order valence-electron chi connectivity index (χ1n) is 12.8. The Morgan fingerprint density at radius 3 is 2.49 bits per heavy atom. The van der Waals surface area contributed by atoms with Gasteiger partial charge >= 0.3 is 6.03 Å². The number of carbonyl (C=O) groups is 1. The highest BCUT2D eigenvalue weighted by Crippen LogP contribution is 2.40. The Bertz CT molecular complexity index is 1470. The number of aryl methyl sites for hydroxylation is 2. The number of hydrogen-bond donors (Lipinski definition) is 1. The third-order valence-corrected chi connectivity index (χ3v) is 8.36. The van der Waals surface area contributed by atoms with E-state index in [0.717, 1.165) is 42.4 Å². The molecule has 1 aliphatic carbocycles. The third kappa shape index (κ3) is 4.87. The molecule has 2 aliphatic rings. The van der Waals surface area contributed by atoms with Gasteiger partial charge < -0.3 is 15.1 Å². The second-order valence-corrected chi connectivity index (χ2v) is 10.7. The Morgan fingerprint density at radius 2 is 1.73 bits per heavy atom. The average Bonchev–Trinajstić information content (AvgIpc) is 3.32. The van der Waals surface area contributed by atoms with Crippen LogP contribution in [0, 0.1) is 11.3 Å². The summed E-state index contributed by atoms with van der Waals surface area (Å²) in [6.07, 6.45) is 5.39. The number of aromatic nitrogens is 2. The lowest BCUT2D eigenvalue weighted by Crippen LogP contribution is -2.50. The predicted molar refractivity (Wildman–Crippen MR) is 147 cm³/mol. The molecule has 1 aliphatic heterocycles. The van der Waals surface area contributed by atoms with E-state index < -0.39 is 0 Å². The molecule has 2 aromatic carbocycles. The fourth-order valence-electron chi connectivity index (χ4n) is 5.22. The molecule has 1 N–H and O–H groups in total. The van der Waals surface area contributed by atoms with Crippen molar-refractivity contribution in [1.82, 2.24) is 14.9 Å². The highest BCUT2D eigenvalue weighted by Gasteiger charge is 2.27. The van der Waals surface area contributed by atoms with Crippen molar-refractivity contribution in [2.45, 2.75) is 32.1 Å². The van der Waals surface area contributed by atoms with Crippen LogP contribution in [0.2, 0.25) is 0 Å². The summed E-state index contributed by atoms with van der Waals surface area (Å²) in [4.78, 5) is 29.8. The highest BCUT2D eigenvalue weighted by atomic mass is 32.1. The minimum Gasteiger partial charge on any atom is -0.352 e. The molecule has 0 bridgehead atoms. The van der Waals surface area contributed by atoms with Gasteiger partial charge in [-0.2, -0.15) is 5.26 Å². The van der Waals surface area contributed by atoms with E-state index in [-0.39, 0.29) is 6.03 Å². The van der Waals surface area contributed by atoms with Crippen LogP contribution in [0.25, 0.3) is 10.2 Å². The molecule has 0 atom stereocenters. The quantitative estimate of drug-likeness (QED) is 0.400. The molecule has 1 saturated heterocycles. The summed E-state index contributed by atoms with van der Waals surface area (Å²) in [6, 6.07) is 19.3. The van der Waals surface area contributed by atoms with Gasteiger partial charge in [-0.05, 0) is 61.1 Å². The van der Waals surface area contributed by atoms with Gasteiger partial charge in [0.05, 0.1) is 17.0 Å². The number of carbonyl (C=O) groups excluding carboxylic acids is 1. The zero-order valence-corrected chi connectivity index (χ0v) is 21.4. The van der Waals surface area contributed by atoms with E-state index >= 15 is 0 Å². The molecule has 0 saturated carbocycles. The van der Waals surface area contributed by atoms with Crippen molar-refractivity contribution in [3.8, 4) is 6.07 Å². The van der Waals surface area contributed by atoms with Crippen molar-refractivity contribution in [2.24, 2.45) is 0 Å². The van der Waals surface area contributed by atoms with Crippen molar-refractivity contribution in [2.75, 3.05) is 36.4 Å². The van der Waals surface area contributed by atoms with Crippen LogP contribution in [0.4, 0.5) is 16.3 Å². The highest BCUT2D eigenvalue weighted by molar-refractivity contribution is 7.19. The van der Waals surface area contributed by atoms with E-state index in [1.54, 1.807) is 24.3 Å². The molecule has 0 radical (unpaired) electrons. The van der Waals surface area contributed by atoms with E-state index in [9.17, 15) is 4.79 Å². The molecular formula is C29H28N6OS. The van der Waals surface area contributed by atoms with Crippen LogP contribution >= 0.6 is 11.3 Å². The van der Waals surface area contributed by atoms with Crippen molar-refractivity contribution in [3.05, 3.63) is 82.0 Å². The number of nitrogens with zero attached hydrogens (tertiary/aromatic N) is 5. The lowest BCUT2D eigenvalue weighted by atomic mass is 9.96. The summed E-state index contributed by atoms with van der Waals surface area (Å²) < 4.78 is 0. The van der Waals surface area contributed by atoms with Crippen molar-refractivity contribution in [3.63, 3.8) is 0 Å². The zero-order valence-electron chi connectivity index (χ0n) is 20.6. The van der Waals surface area contributed by atoms with Crippen LogP contribution in [0.3, 0.4) is 0 Å². The minimum atomic E-state index is -0.116. The van der Waals surface area contributed by atoms with Crippen molar-refractivity contribution in [1.29, 1.82) is 5.26 Å². The first kappa shape index (κ1) is 23.4. The number of hydrogen-bond acceptors (Lipinski definition) is 6. The fourth-order valence-corrected chi connectivity index (χ4v) is 6.49. The lowest BCUT2D eigenvalue weighted by Gasteiger charge is -2.36. The maximum atomic E-state index is 12.9. The van der Waals surface area contributed by atoms with Gasteiger partial charge in [-0.25, -0.2) is 14.8 Å². The second kappa shape index (κ2) is 10.2. The third-order valence-electron chi connectivity index (χ3n) is 7.18. The van der Waals surface area contributed by atoms with E-state index in [4.69, 9.17) is 15.2 Å². The first-order chi connectivity index (χ1) is 18.2. The summed E-state index contributed by atoms with van der Waals surface area (Å²) >= 11 is 1.84. The zero-order chi connectivity index (χ0) is 25.2. The second-order valence-electron chi connectivity index (χ2n) is 9.61. The summed E-state index contributed by atoms with van der Waals surface area (Å²) in [7, 11) is 0. The van der Waals surface area contributed by atoms with E-state index in [1.165, 1.54) is 34.2 Å². The average molecular weight is 509 g/mol. The maximum Gasteiger partial charge on any atom is 0.321 e.